The fraction of sp³-hybridized carbons (Fsp3) is 0.333. The second-order valence-corrected chi connectivity index (χ2v) is 1.81. The van der Waals surface area contributed by atoms with Crippen molar-refractivity contribution in [1.82, 2.24) is 0 Å². The van der Waals surface area contributed by atoms with Crippen LogP contribution in [0.2, 0.25) is 0 Å². The van der Waals surface area contributed by atoms with Crippen LogP contribution >= 0.6 is 0 Å². The topological polar surface area (TPSA) is 134 Å². The van der Waals surface area contributed by atoms with E-state index >= 15 is 0 Å². The maximum absolute atomic E-state index is 10.4. The van der Waals surface area contributed by atoms with Gasteiger partial charge in [0.05, 0.1) is 0 Å². The summed E-state index contributed by atoms with van der Waals surface area (Å²) in [5.41, 5.74) is 0. The van der Waals surface area contributed by atoms with Gasteiger partial charge in [-0.2, -0.15) is 0 Å². The minimum Gasteiger partial charge on any atom is -1.00 e. The van der Waals surface area contributed by atoms with Crippen LogP contribution < -0.4 is 37.7 Å². The van der Waals surface area contributed by atoms with Crippen molar-refractivity contribution in [3.05, 3.63) is 0 Å². The van der Waals surface area contributed by atoms with Gasteiger partial charge in [-0.3, -0.25) is 9.59 Å². The maximum Gasteiger partial charge on any atom is 1.00 e. The fourth-order valence-electron chi connectivity index (χ4n) is 0.436. The second kappa shape index (κ2) is 10.6. The van der Waals surface area contributed by atoms with Crippen LogP contribution in [-0.2, 0) is 18.9 Å². The number of rotatable bonds is 4. The monoisotopic (exact) mass is 208 g/mol. The first-order valence-electron chi connectivity index (χ1n) is 3.03. The Morgan fingerprint density at radius 3 is 1.40 bits per heavy atom. The molecule has 0 radical (unpaired) electrons. The Hall–Kier alpha value is 0.105. The molecule has 0 aromatic rings. The zero-order valence-corrected chi connectivity index (χ0v) is 8.28. The molecule has 76 valence electrons. The first-order valence-corrected chi connectivity index (χ1v) is 3.03. The zero-order chi connectivity index (χ0) is 10.4. The third kappa shape index (κ3) is 14.1. The molecule has 0 fully saturated rings. The summed E-state index contributed by atoms with van der Waals surface area (Å²) in [7, 11) is -4.64. The van der Waals surface area contributed by atoms with Gasteiger partial charge in [-0.25, -0.2) is 0 Å². The number of hydrogen-bond acceptors (Lipinski definition) is 8. The van der Waals surface area contributed by atoms with Gasteiger partial charge in [0.15, 0.2) is 0 Å². The molecule has 8 nitrogen and oxygen atoms in total. The summed E-state index contributed by atoms with van der Waals surface area (Å²) in [6.45, 7) is 0. The molecule has 0 atom stereocenters. The molecule has 15 heavy (non-hydrogen) atoms. The van der Waals surface area contributed by atoms with Crippen LogP contribution in [0, 0.1) is 0 Å². The van der Waals surface area contributed by atoms with Crippen LogP contribution in [0.3, 0.4) is 0 Å². The van der Waals surface area contributed by atoms with Gasteiger partial charge in [-0.15, -0.1) is 0 Å². The van der Waals surface area contributed by atoms with E-state index in [1.54, 1.807) is 0 Å². The largest absolute Gasteiger partial charge is 1.00 e. The summed E-state index contributed by atoms with van der Waals surface area (Å²) >= 11 is 0. The van der Waals surface area contributed by atoms with E-state index < -0.39 is 33.0 Å². The predicted octanol–water partition coefficient (Wildman–Crippen LogP) is -9.37. The summed E-state index contributed by atoms with van der Waals surface area (Å²) in [4.78, 5) is 20.9. The molecular weight excluding hydrogens is 200 g/mol. The van der Waals surface area contributed by atoms with Gasteiger partial charge in [0.1, 0.15) is 6.42 Å². The van der Waals surface area contributed by atoms with Gasteiger partial charge in [-0.05, 0) is 0 Å². The molecule has 0 saturated heterocycles. The summed E-state index contributed by atoms with van der Waals surface area (Å²) in [5, 5.41) is 32.3. The molecule has 0 aromatic heterocycles. The van der Waals surface area contributed by atoms with Crippen molar-refractivity contribution in [3.63, 3.8) is 0 Å². The zero-order valence-electron chi connectivity index (χ0n) is 10.3. The van der Waals surface area contributed by atoms with E-state index in [0.717, 1.165) is 0 Å². The number of carbonyl (C=O) groups excluding carboxylic acids is 2. The van der Waals surface area contributed by atoms with Crippen molar-refractivity contribution in [1.29, 1.82) is 0 Å². The van der Waals surface area contributed by atoms with Gasteiger partial charge in [-0.1, -0.05) is 0 Å². The molecule has 0 unspecified atom stereocenters. The Kier molecular flexibility index (Phi) is 14.5. The van der Waals surface area contributed by atoms with Crippen LogP contribution in [0.1, 0.15) is 9.27 Å². The van der Waals surface area contributed by atoms with Gasteiger partial charge in [0.2, 0.25) is 0 Å². The predicted molar refractivity (Wildman–Crippen MR) is 39.4 cm³/mol. The summed E-state index contributed by atoms with van der Waals surface area (Å²) < 4.78 is 7.42. The Morgan fingerprint density at radius 1 is 0.933 bits per heavy atom. The Morgan fingerprint density at radius 2 is 1.20 bits per heavy atom. The Balaban J connectivity index is -0.000000120. The third-order valence-corrected chi connectivity index (χ3v) is 0.762. The number of hydrogen-bond donors (Lipinski definition) is 4. The van der Waals surface area contributed by atoms with Gasteiger partial charge in [0, 0.05) is 0 Å². The molecule has 0 heterocycles. The average molecular weight is 208 g/mol. The summed E-state index contributed by atoms with van der Waals surface area (Å²) in [5.74, 6) is -2.53. The minimum atomic E-state index is -2.32. The van der Waals surface area contributed by atoms with Crippen molar-refractivity contribution < 1.29 is 79.6 Å². The second-order valence-electron chi connectivity index (χ2n) is 1.81. The van der Waals surface area contributed by atoms with Crippen LogP contribution in [0.4, 0.5) is 0 Å². The molecule has 0 aliphatic heterocycles. The first-order chi connectivity index (χ1) is 5.91. The van der Waals surface area contributed by atoms with E-state index in [1.807, 2.05) is 0 Å². The SMILES string of the molecule is O=C(CC(=O)OB(O)O)OB(O)O.[H-].[H-].[Li+].[Li+]. The Labute approximate surface area is 113 Å². The molecule has 0 rings (SSSR count). The summed E-state index contributed by atoms with van der Waals surface area (Å²) in [6, 6.07) is 0. The molecular formula is C3H8B2Li2O8. The molecule has 0 aromatic carbocycles. The molecule has 4 N–H and O–H groups in total. The smallest absolute Gasteiger partial charge is 1.00 e. The van der Waals surface area contributed by atoms with Crippen molar-refractivity contribution in [3.8, 4) is 0 Å². The number of carbonyl (C=O) groups is 2. The molecule has 0 aliphatic carbocycles. The molecule has 0 bridgehead atoms. The van der Waals surface area contributed by atoms with E-state index in [9.17, 15) is 9.59 Å². The Bertz CT molecular complexity index is 187. The standard InChI is InChI=1S/C3H6B2O8.2Li.2H/c6-2(12-4(8)9)1-3(7)13-5(10)11;;;;/h8-11H,1H2;;;;/q;2*+1;2*-1. The van der Waals surface area contributed by atoms with Crippen molar-refractivity contribution >= 4 is 26.6 Å². The average Bonchev–Trinajstić information content (AvgIpc) is 1.80. The van der Waals surface area contributed by atoms with Crippen LogP contribution in [-0.4, -0.2) is 46.7 Å². The molecule has 0 spiro atoms. The normalized spacial score (nSPS) is 7.73. The van der Waals surface area contributed by atoms with Crippen LogP contribution in [0.15, 0.2) is 0 Å². The van der Waals surface area contributed by atoms with Crippen molar-refractivity contribution in [2.24, 2.45) is 0 Å². The quantitative estimate of drug-likeness (QED) is 0.264. The molecule has 0 saturated carbocycles. The fourth-order valence-corrected chi connectivity index (χ4v) is 0.436. The maximum atomic E-state index is 10.4. The van der Waals surface area contributed by atoms with Crippen molar-refractivity contribution in [2.45, 2.75) is 6.42 Å². The van der Waals surface area contributed by atoms with E-state index in [0.29, 0.717) is 0 Å². The van der Waals surface area contributed by atoms with E-state index in [1.165, 1.54) is 0 Å². The first kappa shape index (κ1) is 20.5. The van der Waals surface area contributed by atoms with Gasteiger partial charge < -0.3 is 32.3 Å². The van der Waals surface area contributed by atoms with Crippen LogP contribution in [0.25, 0.3) is 0 Å². The van der Waals surface area contributed by atoms with E-state index in [2.05, 4.69) is 9.31 Å². The molecule has 0 aliphatic rings. The minimum absolute atomic E-state index is 0. The van der Waals surface area contributed by atoms with Crippen molar-refractivity contribution in [2.75, 3.05) is 0 Å². The molecule has 0 amide bonds. The van der Waals surface area contributed by atoms with E-state index in [-0.39, 0.29) is 40.6 Å². The van der Waals surface area contributed by atoms with Gasteiger partial charge in [0.25, 0.3) is 0 Å². The van der Waals surface area contributed by atoms with Crippen LogP contribution in [0.5, 0.6) is 0 Å². The van der Waals surface area contributed by atoms with E-state index in [4.69, 9.17) is 20.1 Å². The summed E-state index contributed by atoms with van der Waals surface area (Å²) in [6.07, 6.45) is -0.949. The third-order valence-electron chi connectivity index (χ3n) is 0.762. The van der Waals surface area contributed by atoms with Gasteiger partial charge >= 0.3 is 64.3 Å². The molecule has 12 heteroatoms.